The minimum absolute atomic E-state index is 0.0378. The predicted molar refractivity (Wildman–Crippen MR) is 68.2 cm³/mol. The number of anilines is 1. The number of allylic oxidation sites excluding steroid dienone is 2. The van der Waals surface area contributed by atoms with E-state index in [2.05, 4.69) is 5.32 Å². The molecule has 1 aliphatic carbocycles. The van der Waals surface area contributed by atoms with Crippen molar-refractivity contribution in [2.24, 2.45) is 5.92 Å². The number of nitrogens with one attached hydrogen (secondary N) is 1. The normalized spacial score (nSPS) is 19.3. The zero-order valence-corrected chi connectivity index (χ0v) is 10.1. The largest absolute Gasteiger partial charge is 0.359 e. The average Bonchev–Trinajstić information content (AvgIpc) is 2.27. The fourth-order valence-corrected chi connectivity index (χ4v) is 2.07. The molecule has 0 aliphatic heterocycles. The van der Waals surface area contributed by atoms with Crippen LogP contribution in [0.25, 0.3) is 0 Å². The number of non-ortho nitro benzene ring substituents is 1. The molecule has 0 bridgehead atoms. The molecular formula is C13H14N2O3. The molecule has 18 heavy (non-hydrogen) atoms. The lowest BCUT2D eigenvalue weighted by Crippen LogP contribution is -2.15. The summed E-state index contributed by atoms with van der Waals surface area (Å²) in [5, 5.41) is 13.7. The Balaban J connectivity index is 2.16. The molecule has 0 aromatic heterocycles. The lowest BCUT2D eigenvalue weighted by molar-refractivity contribution is -0.384. The van der Waals surface area contributed by atoms with E-state index in [1.54, 1.807) is 18.2 Å². The van der Waals surface area contributed by atoms with Gasteiger partial charge in [-0.25, -0.2) is 0 Å². The van der Waals surface area contributed by atoms with E-state index < -0.39 is 4.92 Å². The van der Waals surface area contributed by atoms with Crippen LogP contribution in [0.5, 0.6) is 0 Å². The van der Waals surface area contributed by atoms with Crippen LogP contribution in [0.1, 0.15) is 19.8 Å². The highest BCUT2D eigenvalue weighted by atomic mass is 16.6. The first-order valence-corrected chi connectivity index (χ1v) is 5.79. The summed E-state index contributed by atoms with van der Waals surface area (Å²) in [4.78, 5) is 21.6. The molecule has 0 heterocycles. The van der Waals surface area contributed by atoms with Crippen molar-refractivity contribution in [3.8, 4) is 0 Å². The summed E-state index contributed by atoms with van der Waals surface area (Å²) in [6.45, 7) is 2.01. The van der Waals surface area contributed by atoms with E-state index in [-0.39, 0.29) is 11.5 Å². The Labute approximate surface area is 105 Å². The van der Waals surface area contributed by atoms with Gasteiger partial charge in [-0.2, -0.15) is 0 Å². The second kappa shape index (κ2) is 5.00. The highest BCUT2D eigenvalue weighted by Crippen LogP contribution is 2.24. The summed E-state index contributed by atoms with van der Waals surface area (Å²) >= 11 is 0. The number of hydrogen-bond donors (Lipinski definition) is 1. The summed E-state index contributed by atoms with van der Waals surface area (Å²) in [5.74, 6) is 0.408. The van der Waals surface area contributed by atoms with Gasteiger partial charge < -0.3 is 5.32 Å². The highest BCUT2D eigenvalue weighted by molar-refractivity contribution is 5.92. The second-order valence-electron chi connectivity index (χ2n) is 4.58. The van der Waals surface area contributed by atoms with Crippen molar-refractivity contribution in [1.82, 2.24) is 0 Å². The lowest BCUT2D eigenvalue weighted by Gasteiger charge is -2.19. The molecule has 1 atom stereocenters. The van der Waals surface area contributed by atoms with Gasteiger partial charge in [0, 0.05) is 36.0 Å². The van der Waals surface area contributed by atoms with Crippen LogP contribution in [0.2, 0.25) is 0 Å². The molecule has 5 heteroatoms. The summed E-state index contributed by atoms with van der Waals surface area (Å²) < 4.78 is 0. The molecule has 1 N–H and O–H groups in total. The number of carbonyl (C=O) groups excluding carboxylic acids is 1. The molecule has 0 fully saturated rings. The molecule has 1 aromatic carbocycles. The molecule has 2 rings (SSSR count). The quantitative estimate of drug-likeness (QED) is 0.657. The van der Waals surface area contributed by atoms with Gasteiger partial charge in [0.15, 0.2) is 5.78 Å². The van der Waals surface area contributed by atoms with Crippen LogP contribution in [-0.2, 0) is 4.79 Å². The van der Waals surface area contributed by atoms with Gasteiger partial charge in [0.2, 0.25) is 0 Å². The Bertz CT molecular complexity index is 523. The van der Waals surface area contributed by atoms with Crippen molar-refractivity contribution in [3.05, 3.63) is 46.2 Å². The molecule has 0 amide bonds. The number of carbonyl (C=O) groups is 1. The number of rotatable bonds is 3. The molecule has 0 saturated carbocycles. The Hall–Kier alpha value is -2.17. The average molecular weight is 246 g/mol. The lowest BCUT2D eigenvalue weighted by atomic mass is 9.93. The number of nitro groups is 1. The van der Waals surface area contributed by atoms with Gasteiger partial charge in [-0.1, -0.05) is 13.0 Å². The Morgan fingerprint density at radius 3 is 2.83 bits per heavy atom. The number of ketones is 1. The van der Waals surface area contributed by atoms with Gasteiger partial charge in [-0.05, 0) is 18.4 Å². The first-order chi connectivity index (χ1) is 8.54. The van der Waals surface area contributed by atoms with Crippen LogP contribution in [0.4, 0.5) is 11.4 Å². The second-order valence-corrected chi connectivity index (χ2v) is 4.58. The maximum Gasteiger partial charge on any atom is 0.271 e. The van der Waals surface area contributed by atoms with Crippen LogP contribution < -0.4 is 5.32 Å². The van der Waals surface area contributed by atoms with E-state index in [9.17, 15) is 14.9 Å². The number of benzene rings is 1. The third-order valence-corrected chi connectivity index (χ3v) is 2.82. The van der Waals surface area contributed by atoms with E-state index in [1.165, 1.54) is 12.1 Å². The third kappa shape index (κ3) is 2.94. The van der Waals surface area contributed by atoms with E-state index in [0.717, 1.165) is 12.1 Å². The molecule has 94 valence electrons. The van der Waals surface area contributed by atoms with Crippen molar-refractivity contribution >= 4 is 17.2 Å². The Kier molecular flexibility index (Phi) is 3.41. The predicted octanol–water partition coefficient (Wildman–Crippen LogP) is 2.89. The van der Waals surface area contributed by atoms with Crippen molar-refractivity contribution in [3.63, 3.8) is 0 Å². The summed E-state index contributed by atoms with van der Waals surface area (Å²) in [7, 11) is 0. The molecule has 0 spiro atoms. The standard InChI is InChI=1S/C13H14N2O3/c1-9-5-11(8-13(16)6-9)14-10-3-2-4-12(7-10)15(17)18/h2-4,7-9,14H,5-6H2,1H3. The van der Waals surface area contributed by atoms with Crippen LogP contribution in [0, 0.1) is 16.0 Å². The summed E-state index contributed by atoms with van der Waals surface area (Å²) in [6.07, 6.45) is 2.94. The number of hydrogen-bond acceptors (Lipinski definition) is 4. The zero-order chi connectivity index (χ0) is 13.1. The first kappa shape index (κ1) is 12.3. The van der Waals surface area contributed by atoms with Crippen LogP contribution >= 0.6 is 0 Å². The molecule has 1 unspecified atom stereocenters. The van der Waals surface area contributed by atoms with Crippen molar-refractivity contribution in [2.75, 3.05) is 5.32 Å². The topological polar surface area (TPSA) is 72.2 Å². The Morgan fingerprint density at radius 1 is 1.39 bits per heavy atom. The van der Waals surface area contributed by atoms with Crippen LogP contribution in [-0.4, -0.2) is 10.7 Å². The van der Waals surface area contributed by atoms with E-state index in [1.807, 2.05) is 6.92 Å². The van der Waals surface area contributed by atoms with E-state index in [4.69, 9.17) is 0 Å². The van der Waals surface area contributed by atoms with Gasteiger partial charge >= 0.3 is 0 Å². The maximum atomic E-state index is 11.4. The fourth-order valence-electron chi connectivity index (χ4n) is 2.07. The SMILES string of the molecule is CC1CC(=O)C=C(Nc2cccc([N+](=O)[O-])c2)C1. The van der Waals surface area contributed by atoms with Gasteiger partial charge in [0.1, 0.15) is 0 Å². The fraction of sp³-hybridized carbons (Fsp3) is 0.308. The molecule has 5 nitrogen and oxygen atoms in total. The number of nitrogens with zero attached hydrogens (tertiary/aromatic N) is 1. The monoisotopic (exact) mass is 246 g/mol. The molecular weight excluding hydrogens is 232 g/mol. The van der Waals surface area contributed by atoms with Gasteiger partial charge in [-0.3, -0.25) is 14.9 Å². The minimum Gasteiger partial charge on any atom is -0.359 e. The first-order valence-electron chi connectivity index (χ1n) is 5.79. The number of nitro benzene ring substituents is 1. The van der Waals surface area contributed by atoms with Crippen molar-refractivity contribution < 1.29 is 9.72 Å². The van der Waals surface area contributed by atoms with Gasteiger partial charge in [0.25, 0.3) is 5.69 Å². The highest BCUT2D eigenvalue weighted by Gasteiger charge is 2.17. The molecule has 0 saturated heterocycles. The molecule has 1 aliphatic rings. The summed E-state index contributed by atoms with van der Waals surface area (Å²) in [5.41, 5.74) is 1.49. The maximum absolute atomic E-state index is 11.4. The Morgan fingerprint density at radius 2 is 2.17 bits per heavy atom. The van der Waals surface area contributed by atoms with E-state index >= 15 is 0 Å². The summed E-state index contributed by atoms with van der Waals surface area (Å²) in [6, 6.07) is 6.27. The van der Waals surface area contributed by atoms with Crippen molar-refractivity contribution in [1.29, 1.82) is 0 Å². The zero-order valence-electron chi connectivity index (χ0n) is 10.1. The van der Waals surface area contributed by atoms with Crippen LogP contribution in [0.15, 0.2) is 36.0 Å². The smallest absolute Gasteiger partial charge is 0.271 e. The molecule has 0 radical (unpaired) electrons. The van der Waals surface area contributed by atoms with Gasteiger partial charge in [-0.15, -0.1) is 0 Å². The molecule has 1 aromatic rings. The van der Waals surface area contributed by atoms with E-state index in [0.29, 0.717) is 18.0 Å². The van der Waals surface area contributed by atoms with Crippen molar-refractivity contribution in [2.45, 2.75) is 19.8 Å². The third-order valence-electron chi connectivity index (χ3n) is 2.82. The van der Waals surface area contributed by atoms with Crippen LogP contribution in [0.3, 0.4) is 0 Å². The minimum atomic E-state index is -0.436. The van der Waals surface area contributed by atoms with Gasteiger partial charge in [0.05, 0.1) is 4.92 Å².